The van der Waals surface area contributed by atoms with Gasteiger partial charge in [0.05, 0.1) is 11.6 Å². The highest BCUT2D eigenvalue weighted by Gasteiger charge is 2.31. The minimum atomic E-state index is -0.230. The van der Waals surface area contributed by atoms with Crippen molar-refractivity contribution in [3.8, 4) is 0 Å². The predicted molar refractivity (Wildman–Crippen MR) is 76.9 cm³/mol. The molecular formula is C14H22N4O3. The van der Waals surface area contributed by atoms with Crippen molar-refractivity contribution in [1.29, 1.82) is 0 Å². The van der Waals surface area contributed by atoms with E-state index >= 15 is 0 Å². The minimum Gasteiger partial charge on any atom is -0.361 e. The van der Waals surface area contributed by atoms with Gasteiger partial charge in [0.1, 0.15) is 11.3 Å². The van der Waals surface area contributed by atoms with Crippen molar-refractivity contribution in [3.63, 3.8) is 0 Å². The molecule has 0 spiro atoms. The first-order chi connectivity index (χ1) is 9.93. The molecule has 0 bridgehead atoms. The van der Waals surface area contributed by atoms with Gasteiger partial charge in [-0.2, -0.15) is 0 Å². The molecular weight excluding hydrogens is 272 g/mol. The number of amides is 2. The van der Waals surface area contributed by atoms with E-state index in [4.69, 9.17) is 4.52 Å². The van der Waals surface area contributed by atoms with Crippen LogP contribution in [0.1, 0.15) is 21.8 Å². The van der Waals surface area contributed by atoms with Crippen molar-refractivity contribution in [2.24, 2.45) is 5.92 Å². The van der Waals surface area contributed by atoms with Gasteiger partial charge in [0, 0.05) is 33.2 Å². The molecule has 2 rings (SSSR count). The van der Waals surface area contributed by atoms with Crippen molar-refractivity contribution in [1.82, 2.24) is 20.3 Å². The Labute approximate surface area is 124 Å². The Hall–Kier alpha value is -1.89. The first kappa shape index (κ1) is 15.5. The van der Waals surface area contributed by atoms with Crippen molar-refractivity contribution >= 4 is 11.8 Å². The van der Waals surface area contributed by atoms with Gasteiger partial charge in [0.15, 0.2) is 0 Å². The molecule has 1 aliphatic rings. The molecule has 1 aliphatic heterocycles. The zero-order valence-corrected chi connectivity index (χ0v) is 13.0. The van der Waals surface area contributed by atoms with Gasteiger partial charge in [-0.3, -0.25) is 9.59 Å². The van der Waals surface area contributed by atoms with Crippen molar-refractivity contribution in [3.05, 3.63) is 17.0 Å². The van der Waals surface area contributed by atoms with Gasteiger partial charge in [-0.05, 0) is 20.9 Å². The Morgan fingerprint density at radius 3 is 2.57 bits per heavy atom. The fourth-order valence-corrected chi connectivity index (χ4v) is 2.67. The Morgan fingerprint density at radius 1 is 1.29 bits per heavy atom. The summed E-state index contributed by atoms with van der Waals surface area (Å²) < 4.78 is 5.07. The minimum absolute atomic E-state index is 0.0414. The molecule has 0 aromatic carbocycles. The number of rotatable bonds is 2. The molecule has 1 aromatic rings. The number of carbonyl (C=O) groups is 2. The second kappa shape index (κ2) is 6.26. The first-order valence-electron chi connectivity index (χ1n) is 7.06. The zero-order valence-electron chi connectivity index (χ0n) is 13.0. The molecule has 21 heavy (non-hydrogen) atoms. The molecule has 2 amide bonds. The summed E-state index contributed by atoms with van der Waals surface area (Å²) in [4.78, 5) is 28.4. The topological polar surface area (TPSA) is 78.7 Å². The molecule has 0 aliphatic carbocycles. The van der Waals surface area contributed by atoms with E-state index in [1.807, 2.05) is 7.05 Å². The lowest BCUT2D eigenvalue weighted by Crippen LogP contribution is -2.41. The van der Waals surface area contributed by atoms with Gasteiger partial charge in [-0.25, -0.2) is 0 Å². The fourth-order valence-electron chi connectivity index (χ4n) is 2.67. The van der Waals surface area contributed by atoms with E-state index < -0.39 is 0 Å². The third-order valence-corrected chi connectivity index (χ3v) is 3.88. The summed E-state index contributed by atoms with van der Waals surface area (Å²) in [5.74, 6) is 0.134. The monoisotopic (exact) mass is 294 g/mol. The average molecular weight is 294 g/mol. The number of nitrogens with zero attached hydrogens (tertiary/aromatic N) is 3. The molecule has 1 atom stereocenters. The quantitative estimate of drug-likeness (QED) is 0.833. The van der Waals surface area contributed by atoms with Crippen LogP contribution in [0.25, 0.3) is 0 Å². The summed E-state index contributed by atoms with van der Waals surface area (Å²) >= 11 is 0. The van der Waals surface area contributed by atoms with Crippen LogP contribution < -0.4 is 5.32 Å². The number of hydrogen-bond acceptors (Lipinski definition) is 5. The standard InChI is InChI=1S/C14H22N4O3/c1-9-12(10(2)21-16-9)14(20)18-6-5-17(4)7-11(8-18)13(19)15-3/h11H,5-8H2,1-4H3,(H,15,19)/t11-/m0/s1. The number of hydrogen-bond donors (Lipinski definition) is 1. The Kier molecular flexibility index (Phi) is 4.62. The number of aromatic nitrogens is 1. The summed E-state index contributed by atoms with van der Waals surface area (Å²) in [6.45, 7) is 5.87. The van der Waals surface area contributed by atoms with Crippen molar-refractivity contribution in [2.45, 2.75) is 13.8 Å². The predicted octanol–water partition coefficient (Wildman–Crippen LogP) is 0.0412. The Bertz CT molecular complexity index is 521. The Balaban J connectivity index is 2.22. The molecule has 1 aromatic heterocycles. The van der Waals surface area contributed by atoms with Crippen molar-refractivity contribution in [2.75, 3.05) is 40.3 Å². The van der Waals surface area contributed by atoms with Crippen LogP contribution >= 0.6 is 0 Å². The molecule has 116 valence electrons. The molecule has 0 saturated carbocycles. The number of carbonyl (C=O) groups excluding carboxylic acids is 2. The molecule has 0 radical (unpaired) electrons. The second-order valence-corrected chi connectivity index (χ2v) is 5.52. The summed E-state index contributed by atoms with van der Waals surface area (Å²) in [6.07, 6.45) is 0. The van der Waals surface area contributed by atoms with Crippen molar-refractivity contribution < 1.29 is 14.1 Å². The number of nitrogens with one attached hydrogen (secondary N) is 1. The van der Waals surface area contributed by atoms with Gasteiger partial charge >= 0.3 is 0 Å². The van der Waals surface area contributed by atoms with E-state index in [0.717, 1.165) is 6.54 Å². The van der Waals surface area contributed by atoms with Gasteiger partial charge in [-0.15, -0.1) is 0 Å². The molecule has 1 N–H and O–H groups in total. The van der Waals surface area contributed by atoms with E-state index in [2.05, 4.69) is 15.4 Å². The van der Waals surface area contributed by atoms with Crippen LogP contribution in [0.15, 0.2) is 4.52 Å². The smallest absolute Gasteiger partial charge is 0.259 e. The van der Waals surface area contributed by atoms with E-state index in [9.17, 15) is 9.59 Å². The van der Waals surface area contributed by atoms with Crippen LogP contribution in [0, 0.1) is 19.8 Å². The van der Waals surface area contributed by atoms with Gasteiger partial charge in [0.25, 0.3) is 5.91 Å². The van der Waals surface area contributed by atoms with Crippen LogP contribution in [-0.2, 0) is 4.79 Å². The van der Waals surface area contributed by atoms with Crippen LogP contribution in [0.5, 0.6) is 0 Å². The maximum atomic E-state index is 12.7. The van der Waals surface area contributed by atoms with Gasteiger partial charge < -0.3 is 19.6 Å². The highest BCUT2D eigenvalue weighted by molar-refractivity contribution is 5.96. The van der Waals surface area contributed by atoms with E-state index in [-0.39, 0.29) is 17.7 Å². The summed E-state index contributed by atoms with van der Waals surface area (Å²) in [5, 5.41) is 6.49. The Morgan fingerprint density at radius 2 is 2.00 bits per heavy atom. The molecule has 1 saturated heterocycles. The van der Waals surface area contributed by atoms with Crippen LogP contribution in [0.4, 0.5) is 0 Å². The third kappa shape index (κ3) is 3.24. The lowest BCUT2D eigenvalue weighted by atomic mass is 10.1. The largest absolute Gasteiger partial charge is 0.361 e. The fraction of sp³-hybridized carbons (Fsp3) is 0.643. The van der Waals surface area contributed by atoms with Crippen LogP contribution in [-0.4, -0.2) is 67.0 Å². The first-order valence-corrected chi connectivity index (χ1v) is 7.06. The molecule has 1 fully saturated rings. The molecule has 7 nitrogen and oxygen atoms in total. The molecule has 2 heterocycles. The zero-order chi connectivity index (χ0) is 15.6. The molecule has 0 unspecified atom stereocenters. The maximum Gasteiger partial charge on any atom is 0.259 e. The normalized spacial score (nSPS) is 20.2. The van der Waals surface area contributed by atoms with Gasteiger partial charge in [-0.1, -0.05) is 5.16 Å². The van der Waals surface area contributed by atoms with Crippen LogP contribution in [0.2, 0.25) is 0 Å². The average Bonchev–Trinajstić information content (AvgIpc) is 2.67. The van der Waals surface area contributed by atoms with E-state index in [1.54, 1.807) is 25.8 Å². The molecule has 7 heteroatoms. The highest BCUT2D eigenvalue weighted by Crippen LogP contribution is 2.18. The second-order valence-electron chi connectivity index (χ2n) is 5.52. The van der Waals surface area contributed by atoms with Crippen LogP contribution in [0.3, 0.4) is 0 Å². The van der Waals surface area contributed by atoms with E-state index in [1.165, 1.54) is 0 Å². The number of aryl methyl sites for hydroxylation is 2. The number of likely N-dealkylation sites (N-methyl/N-ethyl adjacent to an activating group) is 1. The third-order valence-electron chi connectivity index (χ3n) is 3.88. The maximum absolute atomic E-state index is 12.7. The lowest BCUT2D eigenvalue weighted by Gasteiger charge is -2.23. The summed E-state index contributed by atoms with van der Waals surface area (Å²) in [6, 6.07) is 0. The SMILES string of the molecule is CNC(=O)[C@H]1CN(C)CCN(C(=O)c2c(C)noc2C)C1. The highest BCUT2D eigenvalue weighted by atomic mass is 16.5. The van der Waals surface area contributed by atoms with E-state index in [0.29, 0.717) is 36.7 Å². The van der Waals surface area contributed by atoms with Gasteiger partial charge in [0.2, 0.25) is 5.91 Å². The lowest BCUT2D eigenvalue weighted by molar-refractivity contribution is -0.125. The summed E-state index contributed by atoms with van der Waals surface area (Å²) in [7, 11) is 3.58. The summed E-state index contributed by atoms with van der Waals surface area (Å²) in [5.41, 5.74) is 1.10.